The Kier molecular flexibility index (Phi) is 10.3. The second-order valence-corrected chi connectivity index (χ2v) is 9.36. The molecule has 0 fully saturated rings. The molecular formula is C27H20BrCl2N3O6. The standard InChI is InChI=1S/C27H20BrCl2N3O6/c1-37-23-11-15(9-17(13-31)26(35)33-18-5-3-16(4-6-18)27(36)38-2)10-20(28)25(23)39-14-24(34)32-19-7-8-21(29)22(30)12-19/h3-12H,14H2,1-2H3,(H,32,34)(H,33,35)/b17-9-. The molecule has 0 unspecified atom stereocenters. The molecule has 0 atom stereocenters. The Bertz CT molecular complexity index is 1490. The van der Waals surface area contributed by atoms with Crippen molar-refractivity contribution < 1.29 is 28.6 Å². The molecule has 0 saturated heterocycles. The van der Waals surface area contributed by atoms with Gasteiger partial charge in [-0.25, -0.2) is 4.79 Å². The maximum Gasteiger partial charge on any atom is 0.337 e. The molecule has 0 spiro atoms. The summed E-state index contributed by atoms with van der Waals surface area (Å²) < 4.78 is 16.1. The molecule has 0 aliphatic rings. The number of hydrogen-bond acceptors (Lipinski definition) is 7. The first-order valence-electron chi connectivity index (χ1n) is 11.0. The van der Waals surface area contributed by atoms with Crippen molar-refractivity contribution in [2.75, 3.05) is 31.5 Å². The molecule has 0 heterocycles. The first kappa shape index (κ1) is 29.5. The fourth-order valence-corrected chi connectivity index (χ4v) is 4.07. The maximum absolute atomic E-state index is 12.7. The Morgan fingerprint density at radius 1 is 0.974 bits per heavy atom. The molecule has 0 aliphatic heterocycles. The number of carbonyl (C=O) groups is 3. The lowest BCUT2D eigenvalue weighted by Gasteiger charge is -2.14. The highest BCUT2D eigenvalue weighted by Crippen LogP contribution is 2.37. The van der Waals surface area contributed by atoms with Gasteiger partial charge in [-0.1, -0.05) is 23.2 Å². The van der Waals surface area contributed by atoms with Crippen molar-refractivity contribution in [1.82, 2.24) is 0 Å². The van der Waals surface area contributed by atoms with Crippen LogP contribution in [0.1, 0.15) is 15.9 Å². The van der Waals surface area contributed by atoms with Gasteiger partial charge in [-0.2, -0.15) is 5.26 Å². The van der Waals surface area contributed by atoms with Crippen molar-refractivity contribution in [2.45, 2.75) is 0 Å². The molecule has 2 amide bonds. The predicted molar refractivity (Wildman–Crippen MR) is 151 cm³/mol. The van der Waals surface area contributed by atoms with Crippen molar-refractivity contribution in [2.24, 2.45) is 0 Å². The quantitative estimate of drug-likeness (QED) is 0.165. The SMILES string of the molecule is COC(=O)c1ccc(NC(=O)/C(C#N)=C\c2cc(Br)c(OCC(=O)Nc3ccc(Cl)c(Cl)c3)c(OC)c2)cc1. The van der Waals surface area contributed by atoms with Gasteiger partial charge < -0.3 is 24.8 Å². The van der Waals surface area contributed by atoms with E-state index in [1.807, 2.05) is 6.07 Å². The minimum Gasteiger partial charge on any atom is -0.493 e. The predicted octanol–water partition coefficient (Wildman–Crippen LogP) is 6.11. The average molecular weight is 633 g/mol. The van der Waals surface area contributed by atoms with Crippen LogP contribution in [-0.2, 0) is 14.3 Å². The second-order valence-electron chi connectivity index (χ2n) is 7.69. The van der Waals surface area contributed by atoms with Crippen molar-refractivity contribution in [1.29, 1.82) is 5.26 Å². The molecule has 9 nitrogen and oxygen atoms in total. The zero-order chi connectivity index (χ0) is 28.5. The van der Waals surface area contributed by atoms with Gasteiger partial charge in [0, 0.05) is 11.4 Å². The lowest BCUT2D eigenvalue weighted by Crippen LogP contribution is -2.20. The molecule has 12 heteroatoms. The number of esters is 1. The Hall–Kier alpha value is -4.04. The summed E-state index contributed by atoms with van der Waals surface area (Å²) in [7, 11) is 2.68. The topological polar surface area (TPSA) is 127 Å². The highest BCUT2D eigenvalue weighted by Gasteiger charge is 2.16. The number of nitrogens with one attached hydrogen (secondary N) is 2. The van der Waals surface area contributed by atoms with Crippen molar-refractivity contribution >= 4 is 74.4 Å². The highest BCUT2D eigenvalue weighted by molar-refractivity contribution is 9.10. The van der Waals surface area contributed by atoms with Crippen LogP contribution in [0.4, 0.5) is 11.4 Å². The molecule has 0 aromatic heterocycles. The van der Waals surface area contributed by atoms with E-state index < -0.39 is 17.8 Å². The normalized spacial score (nSPS) is 10.7. The zero-order valence-corrected chi connectivity index (χ0v) is 23.6. The summed E-state index contributed by atoms with van der Waals surface area (Å²) in [6.45, 7) is -0.342. The third kappa shape index (κ3) is 7.97. The van der Waals surface area contributed by atoms with Crippen LogP contribution < -0.4 is 20.1 Å². The number of benzene rings is 3. The minimum atomic E-state index is -0.655. The first-order chi connectivity index (χ1) is 18.6. The van der Waals surface area contributed by atoms with Crippen LogP contribution in [0, 0.1) is 11.3 Å². The second kappa shape index (κ2) is 13.7. The van der Waals surface area contributed by atoms with E-state index in [4.69, 9.17) is 32.7 Å². The van der Waals surface area contributed by atoms with E-state index in [1.54, 1.807) is 24.3 Å². The number of nitrogens with zero attached hydrogens (tertiary/aromatic N) is 1. The van der Waals surface area contributed by atoms with Gasteiger partial charge in [0.05, 0.1) is 34.3 Å². The third-order valence-corrected chi connectivity index (χ3v) is 6.37. The maximum atomic E-state index is 12.7. The van der Waals surface area contributed by atoms with E-state index in [0.717, 1.165) is 0 Å². The molecular weight excluding hydrogens is 613 g/mol. The molecule has 0 aliphatic carbocycles. The number of methoxy groups -OCH3 is 2. The summed E-state index contributed by atoms with van der Waals surface area (Å²) in [4.78, 5) is 36.6. The van der Waals surface area contributed by atoms with Gasteiger partial charge in [-0.05, 0) is 82.2 Å². The zero-order valence-electron chi connectivity index (χ0n) is 20.5. The summed E-state index contributed by atoms with van der Waals surface area (Å²) >= 11 is 15.2. The van der Waals surface area contributed by atoms with Gasteiger partial charge in [0.15, 0.2) is 18.1 Å². The van der Waals surface area contributed by atoms with Crippen molar-refractivity contribution in [3.05, 3.63) is 85.8 Å². The van der Waals surface area contributed by atoms with E-state index >= 15 is 0 Å². The Morgan fingerprint density at radius 2 is 1.67 bits per heavy atom. The van der Waals surface area contributed by atoms with E-state index in [2.05, 4.69) is 31.3 Å². The van der Waals surface area contributed by atoms with Gasteiger partial charge in [0.2, 0.25) is 0 Å². The van der Waals surface area contributed by atoms with Crippen molar-refractivity contribution in [3.63, 3.8) is 0 Å². The molecule has 200 valence electrons. The number of anilines is 2. The molecule has 3 aromatic carbocycles. The van der Waals surface area contributed by atoms with E-state index in [9.17, 15) is 19.6 Å². The number of halogens is 3. The number of amides is 2. The van der Waals surface area contributed by atoms with E-state index in [0.29, 0.717) is 37.0 Å². The summed E-state index contributed by atoms with van der Waals surface area (Å²) in [5.41, 5.74) is 1.43. The summed E-state index contributed by atoms with van der Waals surface area (Å²) in [6.07, 6.45) is 1.37. The van der Waals surface area contributed by atoms with Crippen LogP contribution in [-0.4, -0.2) is 38.6 Å². The number of nitriles is 1. The van der Waals surface area contributed by atoms with Crippen LogP contribution in [0.25, 0.3) is 6.08 Å². The number of hydrogen-bond donors (Lipinski definition) is 2. The van der Waals surface area contributed by atoms with Crippen LogP contribution >= 0.6 is 39.1 Å². The Balaban J connectivity index is 1.71. The summed E-state index contributed by atoms with van der Waals surface area (Å²) in [5.74, 6) is -1.11. The Morgan fingerprint density at radius 3 is 2.28 bits per heavy atom. The van der Waals surface area contributed by atoms with Gasteiger partial charge in [0.25, 0.3) is 11.8 Å². The van der Waals surface area contributed by atoms with E-state index in [1.165, 1.54) is 50.6 Å². The smallest absolute Gasteiger partial charge is 0.337 e. The molecule has 0 saturated carbocycles. The Labute approximate surface area is 242 Å². The monoisotopic (exact) mass is 631 g/mol. The number of rotatable bonds is 9. The minimum absolute atomic E-state index is 0.185. The van der Waals surface area contributed by atoms with Crippen LogP contribution in [0.15, 0.2) is 64.6 Å². The number of carbonyl (C=O) groups excluding carboxylic acids is 3. The van der Waals surface area contributed by atoms with Crippen LogP contribution in [0.2, 0.25) is 10.0 Å². The largest absolute Gasteiger partial charge is 0.493 e. The summed E-state index contributed by atoms with van der Waals surface area (Å²) in [5, 5.41) is 15.5. The number of ether oxygens (including phenoxy) is 3. The average Bonchev–Trinajstić information content (AvgIpc) is 2.92. The lowest BCUT2D eigenvalue weighted by atomic mass is 10.1. The molecule has 3 aromatic rings. The third-order valence-electron chi connectivity index (χ3n) is 5.04. The highest BCUT2D eigenvalue weighted by atomic mass is 79.9. The fraction of sp³-hybridized carbons (Fsp3) is 0.111. The molecule has 2 N–H and O–H groups in total. The fourth-order valence-electron chi connectivity index (χ4n) is 3.19. The van der Waals surface area contributed by atoms with Crippen LogP contribution in [0.3, 0.4) is 0 Å². The first-order valence-corrected chi connectivity index (χ1v) is 12.6. The van der Waals surface area contributed by atoms with E-state index in [-0.39, 0.29) is 23.7 Å². The van der Waals surface area contributed by atoms with Crippen molar-refractivity contribution in [3.8, 4) is 17.6 Å². The van der Waals surface area contributed by atoms with Gasteiger partial charge in [-0.3, -0.25) is 9.59 Å². The van der Waals surface area contributed by atoms with Crippen LogP contribution in [0.5, 0.6) is 11.5 Å². The van der Waals surface area contributed by atoms with Gasteiger partial charge >= 0.3 is 5.97 Å². The molecule has 0 radical (unpaired) electrons. The van der Waals surface area contributed by atoms with Gasteiger partial charge in [0.1, 0.15) is 11.6 Å². The summed E-state index contributed by atoms with van der Waals surface area (Å²) in [6, 6.07) is 15.7. The molecule has 0 bridgehead atoms. The van der Waals surface area contributed by atoms with Gasteiger partial charge in [-0.15, -0.1) is 0 Å². The lowest BCUT2D eigenvalue weighted by molar-refractivity contribution is -0.118. The molecule has 3 rings (SSSR count). The molecule has 39 heavy (non-hydrogen) atoms.